The summed E-state index contributed by atoms with van der Waals surface area (Å²) in [6, 6.07) is 0. The van der Waals surface area contributed by atoms with Gasteiger partial charge in [0.25, 0.3) is 0 Å². The van der Waals surface area contributed by atoms with Crippen LogP contribution in [0.1, 0.15) is 32.6 Å². The van der Waals surface area contributed by atoms with Gasteiger partial charge in [0.1, 0.15) is 0 Å². The van der Waals surface area contributed by atoms with Gasteiger partial charge in [-0.05, 0) is 31.2 Å². The van der Waals surface area contributed by atoms with Crippen molar-refractivity contribution in [2.75, 3.05) is 13.1 Å². The first-order chi connectivity index (χ1) is 7.08. The summed E-state index contributed by atoms with van der Waals surface area (Å²) >= 11 is 0. The van der Waals surface area contributed by atoms with Crippen molar-refractivity contribution in [3.63, 3.8) is 0 Å². The Bertz CT molecular complexity index is 208. The molecule has 0 heterocycles. The molecule has 0 amide bonds. The van der Waals surface area contributed by atoms with Crippen molar-refractivity contribution in [3.05, 3.63) is 0 Å². The Morgan fingerprint density at radius 2 is 2.27 bits per heavy atom. The van der Waals surface area contributed by atoms with E-state index < -0.39 is 12.1 Å². The van der Waals surface area contributed by atoms with Crippen molar-refractivity contribution >= 4 is 5.97 Å². The van der Waals surface area contributed by atoms with Gasteiger partial charge in [0.15, 0.2) is 0 Å². The number of aliphatic hydroxyl groups excluding tert-OH is 1. The number of hydrogen-bond donors (Lipinski definition) is 3. The third-order valence-corrected chi connectivity index (χ3v) is 3.03. The third-order valence-electron chi connectivity index (χ3n) is 3.03. The van der Waals surface area contributed by atoms with Crippen LogP contribution in [0.15, 0.2) is 0 Å². The topological polar surface area (TPSA) is 69.6 Å². The standard InChI is InChI=1S/C11H21NO3/c1-8-2-3-9(4-8)6-12-7-10(13)5-11(14)15/h8-10,12-13H,2-7H2,1H3,(H,14,15). The number of nitrogens with one attached hydrogen (secondary N) is 1. The fraction of sp³-hybridized carbons (Fsp3) is 0.909. The van der Waals surface area contributed by atoms with Crippen LogP contribution in [0.25, 0.3) is 0 Å². The van der Waals surface area contributed by atoms with E-state index in [1.807, 2.05) is 0 Å². The summed E-state index contributed by atoms with van der Waals surface area (Å²) in [5.74, 6) is 0.580. The lowest BCUT2D eigenvalue weighted by Crippen LogP contribution is -2.31. The van der Waals surface area contributed by atoms with Gasteiger partial charge in [-0.15, -0.1) is 0 Å². The number of aliphatic hydroxyl groups is 1. The molecule has 0 aromatic heterocycles. The van der Waals surface area contributed by atoms with Gasteiger partial charge in [-0.2, -0.15) is 0 Å². The highest BCUT2D eigenvalue weighted by Crippen LogP contribution is 2.29. The molecule has 0 spiro atoms. The number of rotatable bonds is 6. The van der Waals surface area contributed by atoms with Gasteiger partial charge in [0.05, 0.1) is 12.5 Å². The molecule has 1 saturated carbocycles. The van der Waals surface area contributed by atoms with E-state index in [0.717, 1.165) is 12.5 Å². The van der Waals surface area contributed by atoms with Crippen LogP contribution >= 0.6 is 0 Å². The molecule has 4 nitrogen and oxygen atoms in total. The summed E-state index contributed by atoms with van der Waals surface area (Å²) in [7, 11) is 0. The number of carbonyl (C=O) groups is 1. The molecule has 15 heavy (non-hydrogen) atoms. The SMILES string of the molecule is CC1CCC(CNCC(O)CC(=O)O)C1. The Labute approximate surface area is 90.7 Å². The molecular weight excluding hydrogens is 194 g/mol. The summed E-state index contributed by atoms with van der Waals surface area (Å²) in [5.41, 5.74) is 0. The molecule has 0 saturated heterocycles. The van der Waals surface area contributed by atoms with E-state index >= 15 is 0 Å². The molecule has 0 bridgehead atoms. The summed E-state index contributed by atoms with van der Waals surface area (Å²) in [6.45, 7) is 3.55. The van der Waals surface area contributed by atoms with Gasteiger partial charge >= 0.3 is 5.97 Å². The Balaban J connectivity index is 2.03. The largest absolute Gasteiger partial charge is 0.481 e. The third kappa shape index (κ3) is 5.14. The number of hydrogen-bond acceptors (Lipinski definition) is 3. The zero-order valence-corrected chi connectivity index (χ0v) is 9.28. The molecule has 4 heteroatoms. The van der Waals surface area contributed by atoms with Crippen LogP contribution in [-0.4, -0.2) is 35.4 Å². The molecule has 3 unspecified atom stereocenters. The zero-order valence-electron chi connectivity index (χ0n) is 9.28. The van der Waals surface area contributed by atoms with Gasteiger partial charge in [0.2, 0.25) is 0 Å². The molecule has 3 atom stereocenters. The van der Waals surface area contributed by atoms with Crippen LogP contribution < -0.4 is 5.32 Å². The lowest BCUT2D eigenvalue weighted by atomic mass is 10.1. The summed E-state index contributed by atoms with van der Waals surface area (Å²) < 4.78 is 0. The van der Waals surface area contributed by atoms with E-state index in [0.29, 0.717) is 12.5 Å². The molecule has 1 rings (SSSR count). The van der Waals surface area contributed by atoms with E-state index in [9.17, 15) is 9.90 Å². The second kappa shape index (κ2) is 6.08. The quantitative estimate of drug-likeness (QED) is 0.614. The number of carboxylic acid groups (broad SMARTS) is 1. The molecule has 1 fully saturated rings. The van der Waals surface area contributed by atoms with E-state index in [2.05, 4.69) is 12.2 Å². The minimum absolute atomic E-state index is 0.173. The van der Waals surface area contributed by atoms with Crippen LogP contribution in [0.2, 0.25) is 0 Å². The summed E-state index contributed by atoms with van der Waals surface area (Å²) in [5, 5.41) is 20.9. The Hall–Kier alpha value is -0.610. The fourth-order valence-electron chi connectivity index (χ4n) is 2.24. The van der Waals surface area contributed by atoms with Crippen molar-refractivity contribution in [1.29, 1.82) is 0 Å². The predicted molar refractivity (Wildman–Crippen MR) is 57.6 cm³/mol. The molecule has 1 aliphatic rings. The monoisotopic (exact) mass is 215 g/mol. The van der Waals surface area contributed by atoms with E-state index in [1.165, 1.54) is 19.3 Å². The number of carboxylic acids is 1. The summed E-state index contributed by atoms with van der Waals surface area (Å²) in [6.07, 6.45) is 2.87. The Kier molecular flexibility index (Phi) is 5.05. The molecule has 3 N–H and O–H groups in total. The van der Waals surface area contributed by atoms with Crippen LogP contribution in [-0.2, 0) is 4.79 Å². The van der Waals surface area contributed by atoms with E-state index in [4.69, 9.17) is 5.11 Å². The van der Waals surface area contributed by atoms with Crippen molar-refractivity contribution < 1.29 is 15.0 Å². The van der Waals surface area contributed by atoms with Crippen molar-refractivity contribution in [2.45, 2.75) is 38.7 Å². The first-order valence-electron chi connectivity index (χ1n) is 5.68. The maximum absolute atomic E-state index is 10.3. The normalized spacial score (nSPS) is 27.9. The second-order valence-electron chi connectivity index (χ2n) is 4.69. The van der Waals surface area contributed by atoms with Crippen molar-refractivity contribution in [3.8, 4) is 0 Å². The predicted octanol–water partition coefficient (Wildman–Crippen LogP) is 0.848. The lowest BCUT2D eigenvalue weighted by Gasteiger charge is -2.13. The highest BCUT2D eigenvalue weighted by molar-refractivity contribution is 5.67. The maximum Gasteiger partial charge on any atom is 0.306 e. The smallest absolute Gasteiger partial charge is 0.306 e. The van der Waals surface area contributed by atoms with Crippen LogP contribution in [0.4, 0.5) is 0 Å². The lowest BCUT2D eigenvalue weighted by molar-refractivity contribution is -0.139. The Morgan fingerprint density at radius 3 is 2.80 bits per heavy atom. The second-order valence-corrected chi connectivity index (χ2v) is 4.69. The molecule has 0 aromatic rings. The molecule has 1 aliphatic carbocycles. The average Bonchev–Trinajstić information content (AvgIpc) is 2.50. The van der Waals surface area contributed by atoms with Crippen LogP contribution in [0, 0.1) is 11.8 Å². The number of aliphatic carboxylic acids is 1. The minimum Gasteiger partial charge on any atom is -0.481 e. The molecular formula is C11H21NO3. The first kappa shape index (κ1) is 12.5. The highest BCUT2D eigenvalue weighted by Gasteiger charge is 2.21. The Morgan fingerprint density at radius 1 is 1.53 bits per heavy atom. The molecule has 88 valence electrons. The van der Waals surface area contributed by atoms with E-state index in [1.54, 1.807) is 0 Å². The molecule has 0 aliphatic heterocycles. The maximum atomic E-state index is 10.3. The van der Waals surface area contributed by atoms with Gasteiger partial charge in [-0.3, -0.25) is 4.79 Å². The molecule has 0 aromatic carbocycles. The van der Waals surface area contributed by atoms with Crippen molar-refractivity contribution in [2.24, 2.45) is 11.8 Å². The van der Waals surface area contributed by atoms with Gasteiger partial charge < -0.3 is 15.5 Å². The van der Waals surface area contributed by atoms with Gasteiger partial charge in [0, 0.05) is 6.54 Å². The van der Waals surface area contributed by atoms with Gasteiger partial charge in [-0.1, -0.05) is 13.3 Å². The van der Waals surface area contributed by atoms with Crippen molar-refractivity contribution in [1.82, 2.24) is 5.32 Å². The fourth-order valence-corrected chi connectivity index (χ4v) is 2.24. The average molecular weight is 215 g/mol. The minimum atomic E-state index is -0.946. The first-order valence-corrected chi connectivity index (χ1v) is 5.68. The van der Waals surface area contributed by atoms with Crippen LogP contribution in [0.5, 0.6) is 0 Å². The molecule has 0 radical (unpaired) electrons. The summed E-state index contributed by atoms with van der Waals surface area (Å²) in [4.78, 5) is 10.3. The van der Waals surface area contributed by atoms with Gasteiger partial charge in [-0.25, -0.2) is 0 Å². The van der Waals surface area contributed by atoms with E-state index in [-0.39, 0.29) is 6.42 Å². The van der Waals surface area contributed by atoms with Crippen LogP contribution in [0.3, 0.4) is 0 Å². The highest BCUT2D eigenvalue weighted by atomic mass is 16.4. The zero-order chi connectivity index (χ0) is 11.3.